The first-order valence-corrected chi connectivity index (χ1v) is 7.06. The summed E-state index contributed by atoms with van der Waals surface area (Å²) < 4.78 is 40.1. The van der Waals surface area contributed by atoms with Crippen molar-refractivity contribution in [1.29, 1.82) is 0 Å². The molecular weight excluding hydrogens is 397 g/mol. The summed E-state index contributed by atoms with van der Waals surface area (Å²) in [5.74, 6) is -0.335. The predicted molar refractivity (Wildman–Crippen MR) is 87.9 cm³/mol. The lowest BCUT2D eigenvalue weighted by atomic mass is 9.99. The van der Waals surface area contributed by atoms with Crippen molar-refractivity contribution in [3.8, 4) is 5.75 Å². The van der Waals surface area contributed by atoms with Crippen molar-refractivity contribution in [1.82, 2.24) is 0 Å². The molecule has 0 aromatic heterocycles. The molecule has 23 heavy (non-hydrogen) atoms. The summed E-state index contributed by atoms with van der Waals surface area (Å²) in [5.41, 5.74) is 7.08. The Bertz CT molecular complexity index is 677. The van der Waals surface area contributed by atoms with E-state index in [-0.39, 0.29) is 28.2 Å². The van der Waals surface area contributed by atoms with Gasteiger partial charge >= 0.3 is 6.36 Å². The highest BCUT2D eigenvalue weighted by molar-refractivity contribution is 6.43. The van der Waals surface area contributed by atoms with E-state index in [1.807, 2.05) is 0 Å². The highest BCUT2D eigenvalue weighted by atomic mass is 35.5. The van der Waals surface area contributed by atoms with Gasteiger partial charge in [0.05, 0.1) is 16.1 Å². The Kier molecular flexibility index (Phi) is 6.86. The summed E-state index contributed by atoms with van der Waals surface area (Å²) >= 11 is 17.9. The maximum atomic E-state index is 12.1. The number of alkyl halides is 3. The Hall–Kier alpha value is -0.850. The van der Waals surface area contributed by atoms with Gasteiger partial charge < -0.3 is 10.5 Å². The van der Waals surface area contributed by atoms with E-state index >= 15 is 0 Å². The molecule has 9 heteroatoms. The zero-order chi connectivity index (χ0) is 16.5. The fraction of sp³-hybridized carbons (Fsp3) is 0.143. The average molecular weight is 407 g/mol. The van der Waals surface area contributed by atoms with Crippen LogP contribution in [0, 0.1) is 0 Å². The summed E-state index contributed by atoms with van der Waals surface area (Å²) in [4.78, 5) is 0. The average Bonchev–Trinajstić information content (AvgIpc) is 2.41. The lowest BCUT2D eigenvalue weighted by Crippen LogP contribution is -2.17. The number of hydrogen-bond acceptors (Lipinski definition) is 2. The molecule has 1 atom stereocenters. The van der Waals surface area contributed by atoms with Gasteiger partial charge in [-0.25, -0.2) is 0 Å². The first-order chi connectivity index (χ1) is 10.2. The highest BCUT2D eigenvalue weighted by Crippen LogP contribution is 2.35. The lowest BCUT2D eigenvalue weighted by Gasteiger charge is -2.16. The molecule has 0 aliphatic rings. The molecule has 2 nitrogen and oxygen atoms in total. The molecule has 0 bridgehead atoms. The van der Waals surface area contributed by atoms with E-state index in [2.05, 4.69) is 4.74 Å². The summed E-state index contributed by atoms with van der Waals surface area (Å²) in [7, 11) is 0. The molecule has 0 saturated heterocycles. The third kappa shape index (κ3) is 5.33. The molecule has 2 N–H and O–H groups in total. The zero-order valence-electron chi connectivity index (χ0n) is 11.2. The molecule has 2 rings (SSSR count). The Balaban J connectivity index is 0.00000264. The molecular formula is C14H10Cl4F3NO. The minimum absolute atomic E-state index is 0. The topological polar surface area (TPSA) is 35.2 Å². The van der Waals surface area contributed by atoms with Crippen LogP contribution in [0.1, 0.15) is 17.2 Å². The van der Waals surface area contributed by atoms with Crippen LogP contribution < -0.4 is 10.5 Å². The SMILES string of the molecule is Cl.N[C@H](c1ccc(OC(F)(F)F)cc1)c1cc(Cl)cc(Cl)c1Cl. The van der Waals surface area contributed by atoms with Crippen molar-refractivity contribution in [2.24, 2.45) is 5.73 Å². The van der Waals surface area contributed by atoms with Gasteiger partial charge in [0, 0.05) is 5.02 Å². The van der Waals surface area contributed by atoms with E-state index in [9.17, 15) is 13.2 Å². The van der Waals surface area contributed by atoms with Crippen LogP contribution in [-0.4, -0.2) is 6.36 Å². The zero-order valence-corrected chi connectivity index (χ0v) is 14.3. The van der Waals surface area contributed by atoms with Gasteiger partial charge in [0.25, 0.3) is 0 Å². The van der Waals surface area contributed by atoms with Gasteiger partial charge in [-0.15, -0.1) is 25.6 Å². The maximum Gasteiger partial charge on any atom is 0.573 e. The molecule has 0 radical (unpaired) electrons. The van der Waals surface area contributed by atoms with Crippen molar-refractivity contribution in [2.75, 3.05) is 0 Å². The van der Waals surface area contributed by atoms with Crippen molar-refractivity contribution < 1.29 is 17.9 Å². The number of rotatable bonds is 3. The van der Waals surface area contributed by atoms with Gasteiger partial charge in [-0.3, -0.25) is 0 Å². The monoisotopic (exact) mass is 405 g/mol. The summed E-state index contributed by atoms with van der Waals surface area (Å²) in [5, 5.41) is 0.850. The van der Waals surface area contributed by atoms with E-state index in [4.69, 9.17) is 40.5 Å². The minimum atomic E-state index is -4.74. The van der Waals surface area contributed by atoms with Crippen LogP contribution in [0.25, 0.3) is 0 Å². The number of hydrogen-bond donors (Lipinski definition) is 1. The smallest absolute Gasteiger partial charge is 0.406 e. The van der Waals surface area contributed by atoms with Crippen LogP contribution in [0.3, 0.4) is 0 Å². The number of halogens is 7. The first kappa shape index (κ1) is 20.2. The molecule has 0 spiro atoms. The van der Waals surface area contributed by atoms with Gasteiger partial charge in [0.1, 0.15) is 5.75 Å². The van der Waals surface area contributed by atoms with Crippen LogP contribution in [0.15, 0.2) is 36.4 Å². The number of nitrogens with two attached hydrogens (primary N) is 1. The van der Waals surface area contributed by atoms with Gasteiger partial charge in [0.2, 0.25) is 0 Å². The second-order valence-electron chi connectivity index (χ2n) is 4.39. The van der Waals surface area contributed by atoms with Crippen molar-refractivity contribution in [3.63, 3.8) is 0 Å². The van der Waals surface area contributed by atoms with E-state index < -0.39 is 12.4 Å². The van der Waals surface area contributed by atoms with Gasteiger partial charge in [-0.2, -0.15) is 0 Å². The Morgan fingerprint density at radius 2 is 1.57 bits per heavy atom. The summed E-state index contributed by atoms with van der Waals surface area (Å²) in [6.45, 7) is 0. The van der Waals surface area contributed by atoms with E-state index in [1.165, 1.54) is 30.3 Å². The van der Waals surface area contributed by atoms with E-state index in [0.29, 0.717) is 16.1 Å². The molecule has 0 heterocycles. The highest BCUT2D eigenvalue weighted by Gasteiger charge is 2.31. The van der Waals surface area contributed by atoms with Crippen molar-refractivity contribution in [3.05, 3.63) is 62.6 Å². The van der Waals surface area contributed by atoms with Gasteiger partial charge in [-0.05, 0) is 35.4 Å². The Morgan fingerprint density at radius 1 is 1.00 bits per heavy atom. The fourth-order valence-electron chi connectivity index (χ4n) is 1.86. The summed E-state index contributed by atoms with van der Waals surface area (Å²) in [6, 6.07) is 7.51. The molecule has 0 aliphatic carbocycles. The maximum absolute atomic E-state index is 12.1. The largest absolute Gasteiger partial charge is 0.573 e. The van der Waals surface area contributed by atoms with Crippen LogP contribution in [0.2, 0.25) is 15.1 Å². The molecule has 0 amide bonds. The van der Waals surface area contributed by atoms with E-state index in [0.717, 1.165) is 0 Å². The summed E-state index contributed by atoms with van der Waals surface area (Å²) in [6.07, 6.45) is -4.74. The third-order valence-corrected chi connectivity index (χ3v) is 3.86. The van der Waals surface area contributed by atoms with Gasteiger partial charge in [-0.1, -0.05) is 46.9 Å². The second kappa shape index (κ2) is 7.81. The normalized spacial score (nSPS) is 12.5. The first-order valence-electron chi connectivity index (χ1n) is 5.93. The molecule has 2 aromatic carbocycles. The third-order valence-electron chi connectivity index (χ3n) is 2.83. The van der Waals surface area contributed by atoms with Gasteiger partial charge in [0.15, 0.2) is 0 Å². The number of ether oxygens (including phenoxy) is 1. The van der Waals surface area contributed by atoms with Crippen LogP contribution in [0.4, 0.5) is 13.2 Å². The van der Waals surface area contributed by atoms with Crippen LogP contribution >= 0.6 is 47.2 Å². The molecule has 2 aromatic rings. The molecule has 0 aliphatic heterocycles. The predicted octanol–water partition coefficient (Wildman–Crippen LogP) is 6.02. The molecule has 126 valence electrons. The second-order valence-corrected chi connectivity index (χ2v) is 5.61. The molecule has 0 unspecified atom stereocenters. The van der Waals surface area contributed by atoms with Crippen LogP contribution in [0.5, 0.6) is 5.75 Å². The standard InChI is InChI=1S/C14H9Cl3F3NO.ClH/c15-8-5-10(12(17)11(16)6-8)13(21)7-1-3-9(4-2-7)22-14(18,19)20;/h1-6,13H,21H2;1H/t13-;/m1./s1. The van der Waals surface area contributed by atoms with Crippen LogP contribution in [-0.2, 0) is 0 Å². The van der Waals surface area contributed by atoms with Crippen molar-refractivity contribution >= 4 is 47.2 Å². The quantitative estimate of drug-likeness (QED) is 0.633. The Labute approximate surface area is 151 Å². The molecule has 0 saturated carbocycles. The van der Waals surface area contributed by atoms with Crippen molar-refractivity contribution in [2.45, 2.75) is 12.4 Å². The number of benzene rings is 2. The van der Waals surface area contributed by atoms with E-state index in [1.54, 1.807) is 6.07 Å². The molecule has 0 fully saturated rings. The Morgan fingerprint density at radius 3 is 2.09 bits per heavy atom. The lowest BCUT2D eigenvalue weighted by molar-refractivity contribution is -0.274. The fourth-order valence-corrected chi connectivity index (χ4v) is 2.59. The minimum Gasteiger partial charge on any atom is -0.406 e.